The molecule has 0 fully saturated rings. The first-order chi connectivity index (χ1) is 18.8. The molecular formula is C32H47N3O5. The molecule has 0 bridgehead atoms. The van der Waals surface area contributed by atoms with Gasteiger partial charge in [0.05, 0.1) is 0 Å². The van der Waals surface area contributed by atoms with E-state index in [0.717, 1.165) is 24.8 Å². The maximum Gasteiger partial charge on any atom is 0.408 e. The van der Waals surface area contributed by atoms with Crippen LogP contribution in [0.1, 0.15) is 90.0 Å². The van der Waals surface area contributed by atoms with Crippen molar-refractivity contribution in [3.05, 3.63) is 65.2 Å². The van der Waals surface area contributed by atoms with Crippen molar-refractivity contribution in [3.8, 4) is 5.75 Å². The number of hydrogen-bond donors (Lipinski definition) is 3. The van der Waals surface area contributed by atoms with Gasteiger partial charge < -0.3 is 25.4 Å². The summed E-state index contributed by atoms with van der Waals surface area (Å²) in [5.74, 6) is -0.582. The number of phenols is 1. The number of nitrogens with zero attached hydrogens (tertiary/aromatic N) is 1. The smallest absolute Gasteiger partial charge is 0.408 e. The second kappa shape index (κ2) is 15.3. The fraction of sp³-hybridized carbons (Fsp3) is 0.531. The highest BCUT2D eigenvalue weighted by Gasteiger charge is 2.36. The van der Waals surface area contributed by atoms with E-state index in [0.29, 0.717) is 24.1 Å². The number of phenolic OH excluding ortho intramolecular Hbond substituents is 1. The lowest BCUT2D eigenvalue weighted by Crippen LogP contribution is -2.54. The Labute approximate surface area is 239 Å². The molecule has 8 nitrogen and oxygen atoms in total. The zero-order valence-corrected chi connectivity index (χ0v) is 25.1. The van der Waals surface area contributed by atoms with Crippen LogP contribution < -0.4 is 10.6 Å². The van der Waals surface area contributed by atoms with Crippen LogP contribution in [0.5, 0.6) is 5.75 Å². The standard InChI is InChI=1S/C32H47N3O5/c1-8-9-10-14-19-35(28(29(37)33-22(2)3)25-17-18-27(36)23(4)20-25)30(38)26(21-24-15-12-11-13-16-24)34-31(39)40-32(5,6)7/h11-13,15-18,20,22,26,28,36H,8-10,14,19,21H2,1-7H3,(H,33,37)(H,34,39). The van der Waals surface area contributed by atoms with Gasteiger partial charge in [0, 0.05) is 19.0 Å². The third-order valence-corrected chi connectivity index (χ3v) is 6.33. The number of unbranched alkanes of at least 4 members (excludes halogenated alkanes) is 3. The fourth-order valence-electron chi connectivity index (χ4n) is 4.46. The second-order valence-electron chi connectivity index (χ2n) is 11.6. The predicted molar refractivity (Wildman–Crippen MR) is 158 cm³/mol. The fourth-order valence-corrected chi connectivity index (χ4v) is 4.46. The van der Waals surface area contributed by atoms with Crippen molar-refractivity contribution in [2.45, 2.75) is 104 Å². The number of hydrogen-bond acceptors (Lipinski definition) is 5. The summed E-state index contributed by atoms with van der Waals surface area (Å²) in [6.45, 7) is 13.2. The van der Waals surface area contributed by atoms with Gasteiger partial charge in [0.15, 0.2) is 0 Å². The van der Waals surface area contributed by atoms with E-state index < -0.39 is 23.8 Å². The molecule has 0 saturated heterocycles. The number of alkyl carbamates (subject to hydrolysis) is 1. The average molecular weight is 554 g/mol. The molecule has 2 atom stereocenters. The van der Waals surface area contributed by atoms with Gasteiger partial charge in [-0.15, -0.1) is 0 Å². The van der Waals surface area contributed by atoms with Crippen LogP contribution in [-0.4, -0.2) is 52.1 Å². The lowest BCUT2D eigenvalue weighted by atomic mass is 9.98. The summed E-state index contributed by atoms with van der Waals surface area (Å²) >= 11 is 0. The van der Waals surface area contributed by atoms with Gasteiger partial charge in [-0.1, -0.05) is 62.6 Å². The number of amides is 3. The van der Waals surface area contributed by atoms with Crippen molar-refractivity contribution in [3.63, 3.8) is 0 Å². The summed E-state index contributed by atoms with van der Waals surface area (Å²) in [6, 6.07) is 12.3. The zero-order chi connectivity index (χ0) is 29.9. The predicted octanol–water partition coefficient (Wildman–Crippen LogP) is 5.81. The number of carbonyl (C=O) groups excluding carboxylic acids is 3. The van der Waals surface area contributed by atoms with Gasteiger partial charge in [0.25, 0.3) is 0 Å². The van der Waals surface area contributed by atoms with Crippen molar-refractivity contribution in [1.29, 1.82) is 0 Å². The van der Waals surface area contributed by atoms with Crippen LogP contribution in [0.25, 0.3) is 0 Å². The molecule has 2 aromatic carbocycles. The molecule has 3 amide bonds. The van der Waals surface area contributed by atoms with Gasteiger partial charge in [-0.05, 0) is 76.8 Å². The lowest BCUT2D eigenvalue weighted by Gasteiger charge is -2.35. The Morgan fingerprint density at radius 2 is 1.65 bits per heavy atom. The molecule has 0 radical (unpaired) electrons. The number of benzene rings is 2. The maximum atomic E-state index is 14.4. The lowest BCUT2D eigenvalue weighted by molar-refractivity contribution is -0.142. The van der Waals surface area contributed by atoms with Gasteiger partial charge in [0.2, 0.25) is 11.8 Å². The van der Waals surface area contributed by atoms with Gasteiger partial charge >= 0.3 is 6.09 Å². The van der Waals surface area contributed by atoms with Crippen molar-refractivity contribution in [1.82, 2.24) is 15.5 Å². The third-order valence-electron chi connectivity index (χ3n) is 6.33. The van der Waals surface area contributed by atoms with Crippen LogP contribution in [-0.2, 0) is 20.7 Å². The van der Waals surface area contributed by atoms with Crippen molar-refractivity contribution in [2.75, 3.05) is 6.54 Å². The molecule has 40 heavy (non-hydrogen) atoms. The molecule has 0 heterocycles. The van der Waals surface area contributed by atoms with Crippen LogP contribution in [0, 0.1) is 6.92 Å². The summed E-state index contributed by atoms with van der Waals surface area (Å²) in [6.07, 6.45) is 3.17. The number of nitrogens with one attached hydrogen (secondary N) is 2. The van der Waals surface area contributed by atoms with Crippen LogP contribution in [0.2, 0.25) is 0 Å². The highest BCUT2D eigenvalue weighted by Crippen LogP contribution is 2.28. The van der Waals surface area contributed by atoms with Crippen LogP contribution in [0.4, 0.5) is 4.79 Å². The van der Waals surface area contributed by atoms with E-state index in [1.54, 1.807) is 50.8 Å². The van der Waals surface area contributed by atoms with Crippen molar-refractivity contribution in [2.24, 2.45) is 0 Å². The normalized spacial score (nSPS) is 12.9. The molecule has 0 spiro atoms. The Kier molecular flexibility index (Phi) is 12.5. The average Bonchev–Trinajstić information content (AvgIpc) is 2.86. The molecular weight excluding hydrogens is 506 g/mol. The molecule has 3 N–H and O–H groups in total. The summed E-state index contributed by atoms with van der Waals surface area (Å²) in [7, 11) is 0. The van der Waals surface area contributed by atoms with E-state index in [2.05, 4.69) is 17.6 Å². The molecule has 220 valence electrons. The minimum Gasteiger partial charge on any atom is -0.508 e. The monoisotopic (exact) mass is 553 g/mol. The van der Waals surface area contributed by atoms with E-state index in [-0.39, 0.29) is 30.0 Å². The minimum absolute atomic E-state index is 0.112. The Morgan fingerprint density at radius 3 is 2.23 bits per heavy atom. The largest absolute Gasteiger partial charge is 0.508 e. The first kappa shape index (κ1) is 32.7. The Bertz CT molecular complexity index is 1110. The molecule has 0 aliphatic heterocycles. The van der Waals surface area contributed by atoms with E-state index in [4.69, 9.17) is 4.74 Å². The number of ether oxygens (including phenoxy) is 1. The quantitative estimate of drug-likeness (QED) is 0.271. The molecule has 0 aliphatic rings. The molecule has 0 aromatic heterocycles. The second-order valence-corrected chi connectivity index (χ2v) is 11.6. The third kappa shape index (κ3) is 10.5. The molecule has 2 rings (SSSR count). The van der Waals surface area contributed by atoms with E-state index in [1.165, 1.54) is 0 Å². The number of rotatable bonds is 13. The van der Waals surface area contributed by atoms with E-state index in [1.807, 2.05) is 44.2 Å². The van der Waals surface area contributed by atoms with E-state index >= 15 is 0 Å². The number of aryl methyl sites for hydroxylation is 1. The first-order valence-corrected chi connectivity index (χ1v) is 14.3. The van der Waals surface area contributed by atoms with Crippen molar-refractivity contribution >= 4 is 17.9 Å². The molecule has 0 aliphatic carbocycles. The number of carbonyl (C=O) groups is 3. The van der Waals surface area contributed by atoms with Gasteiger partial charge in [-0.2, -0.15) is 0 Å². The number of aromatic hydroxyl groups is 1. The Hall–Kier alpha value is -3.55. The highest BCUT2D eigenvalue weighted by atomic mass is 16.6. The van der Waals surface area contributed by atoms with Crippen LogP contribution >= 0.6 is 0 Å². The van der Waals surface area contributed by atoms with Gasteiger partial charge in [0.1, 0.15) is 23.4 Å². The molecule has 8 heteroatoms. The maximum absolute atomic E-state index is 14.4. The summed E-state index contributed by atoms with van der Waals surface area (Å²) in [4.78, 5) is 42.5. The van der Waals surface area contributed by atoms with Crippen molar-refractivity contribution < 1.29 is 24.2 Å². The minimum atomic E-state index is -0.962. The summed E-state index contributed by atoms with van der Waals surface area (Å²) in [5, 5.41) is 15.9. The SMILES string of the molecule is CCCCCCN(C(=O)C(Cc1ccccc1)NC(=O)OC(C)(C)C)C(C(=O)NC(C)C)c1ccc(O)c(C)c1. The van der Waals surface area contributed by atoms with Crippen LogP contribution in [0.15, 0.2) is 48.5 Å². The molecule has 0 saturated carbocycles. The summed E-state index contributed by atoms with van der Waals surface area (Å²) < 4.78 is 5.50. The molecule has 2 aromatic rings. The highest BCUT2D eigenvalue weighted by molar-refractivity contribution is 5.92. The zero-order valence-electron chi connectivity index (χ0n) is 25.1. The van der Waals surface area contributed by atoms with Gasteiger partial charge in [-0.3, -0.25) is 9.59 Å². The Morgan fingerprint density at radius 1 is 0.975 bits per heavy atom. The first-order valence-electron chi connectivity index (χ1n) is 14.3. The Balaban J connectivity index is 2.57. The topological polar surface area (TPSA) is 108 Å². The summed E-state index contributed by atoms with van der Waals surface area (Å²) in [5.41, 5.74) is 1.32. The van der Waals surface area contributed by atoms with Gasteiger partial charge in [-0.25, -0.2) is 4.79 Å². The van der Waals surface area contributed by atoms with E-state index in [9.17, 15) is 19.5 Å². The molecule has 2 unspecified atom stereocenters. The van der Waals surface area contributed by atoms with Crippen LogP contribution in [0.3, 0.4) is 0 Å².